The number of nitrogens with zero attached hydrogens (tertiary/aromatic N) is 1. The molecule has 6 nitrogen and oxygen atoms in total. The van der Waals surface area contributed by atoms with Crippen molar-refractivity contribution in [3.8, 4) is 22.8 Å². The van der Waals surface area contributed by atoms with E-state index in [4.69, 9.17) is 14.0 Å². The highest BCUT2D eigenvalue weighted by atomic mass is 16.5. The minimum atomic E-state index is -1.09. The van der Waals surface area contributed by atoms with E-state index in [9.17, 15) is 9.90 Å². The number of rotatable bonds is 4. The van der Waals surface area contributed by atoms with Gasteiger partial charge in [-0.2, -0.15) is 0 Å². The molecule has 0 aliphatic carbocycles. The van der Waals surface area contributed by atoms with Gasteiger partial charge < -0.3 is 19.1 Å². The van der Waals surface area contributed by atoms with E-state index < -0.39 is 5.97 Å². The van der Waals surface area contributed by atoms with Crippen LogP contribution in [0.15, 0.2) is 16.7 Å². The van der Waals surface area contributed by atoms with Crippen LogP contribution >= 0.6 is 0 Å². The molecule has 0 bridgehead atoms. The lowest BCUT2D eigenvalue weighted by molar-refractivity contribution is 0.0696. The van der Waals surface area contributed by atoms with Crippen LogP contribution in [-0.4, -0.2) is 30.5 Å². The van der Waals surface area contributed by atoms with Crippen molar-refractivity contribution >= 4 is 5.97 Å². The number of ether oxygens (including phenoxy) is 2. The van der Waals surface area contributed by atoms with E-state index in [0.717, 1.165) is 5.56 Å². The number of methoxy groups -OCH3 is 2. The van der Waals surface area contributed by atoms with Crippen LogP contribution in [0.4, 0.5) is 0 Å². The number of hydrogen-bond acceptors (Lipinski definition) is 5. The second-order valence-electron chi connectivity index (χ2n) is 4.25. The minimum Gasteiger partial charge on any atom is -0.496 e. The molecule has 2 rings (SSSR count). The van der Waals surface area contributed by atoms with Crippen LogP contribution in [0, 0.1) is 13.8 Å². The highest BCUT2D eigenvalue weighted by molar-refractivity contribution is 5.96. The smallest absolute Gasteiger partial charge is 0.341 e. The highest BCUT2D eigenvalue weighted by Gasteiger charge is 2.25. The second-order valence-corrected chi connectivity index (χ2v) is 4.25. The fourth-order valence-electron chi connectivity index (χ4n) is 2.14. The van der Waals surface area contributed by atoms with Gasteiger partial charge in [-0.25, -0.2) is 4.79 Å². The van der Waals surface area contributed by atoms with E-state index >= 15 is 0 Å². The topological polar surface area (TPSA) is 81.8 Å². The Hall–Kier alpha value is -2.50. The van der Waals surface area contributed by atoms with Gasteiger partial charge in [0.05, 0.1) is 25.5 Å². The normalized spacial score (nSPS) is 10.4. The number of carboxylic acid groups (broad SMARTS) is 1. The zero-order chi connectivity index (χ0) is 14.9. The molecule has 1 N–H and O–H groups in total. The maximum Gasteiger partial charge on any atom is 0.341 e. The number of aryl methyl sites for hydroxylation is 1. The molecule has 6 heteroatoms. The van der Waals surface area contributed by atoms with Crippen LogP contribution in [0.1, 0.15) is 21.6 Å². The molecule has 1 aromatic heterocycles. The molecule has 0 spiro atoms. The first kappa shape index (κ1) is 13.9. The van der Waals surface area contributed by atoms with Crippen molar-refractivity contribution < 1.29 is 23.9 Å². The summed E-state index contributed by atoms with van der Waals surface area (Å²) in [7, 11) is 3.07. The summed E-state index contributed by atoms with van der Waals surface area (Å²) < 4.78 is 15.7. The molecular formula is C14H15NO5. The SMILES string of the molecule is COc1ccc(-c2onc(C)c2C(=O)O)c(OC)c1C. The molecule has 0 radical (unpaired) electrons. The van der Waals surface area contributed by atoms with Crippen LogP contribution < -0.4 is 9.47 Å². The largest absolute Gasteiger partial charge is 0.496 e. The number of aromatic carboxylic acids is 1. The van der Waals surface area contributed by atoms with Crippen molar-refractivity contribution in [2.45, 2.75) is 13.8 Å². The Morgan fingerprint density at radius 2 is 1.95 bits per heavy atom. The molecule has 0 saturated carbocycles. The van der Waals surface area contributed by atoms with Crippen LogP contribution in [0.5, 0.6) is 11.5 Å². The van der Waals surface area contributed by atoms with Crippen molar-refractivity contribution in [2.24, 2.45) is 0 Å². The summed E-state index contributed by atoms with van der Waals surface area (Å²) >= 11 is 0. The first-order valence-corrected chi connectivity index (χ1v) is 5.92. The summed E-state index contributed by atoms with van der Waals surface area (Å²) in [5.74, 6) is 0.244. The predicted molar refractivity (Wildman–Crippen MR) is 71.5 cm³/mol. The summed E-state index contributed by atoms with van der Waals surface area (Å²) in [6, 6.07) is 3.42. The van der Waals surface area contributed by atoms with Gasteiger partial charge in [-0.1, -0.05) is 5.16 Å². The molecule has 0 aliphatic heterocycles. The van der Waals surface area contributed by atoms with E-state index in [0.29, 0.717) is 22.8 Å². The lowest BCUT2D eigenvalue weighted by Crippen LogP contribution is -2.01. The zero-order valence-electron chi connectivity index (χ0n) is 11.7. The molecular weight excluding hydrogens is 262 g/mol. The lowest BCUT2D eigenvalue weighted by Gasteiger charge is -2.13. The standard InChI is InChI=1S/C14H15NO5/c1-7-10(18-3)6-5-9(12(7)19-4)13-11(14(16)17)8(2)15-20-13/h5-6H,1-4H3,(H,16,17). The van der Waals surface area contributed by atoms with Gasteiger partial charge in [-0.05, 0) is 26.0 Å². The Labute approximate surface area is 115 Å². The number of benzene rings is 1. The van der Waals surface area contributed by atoms with E-state index in [1.807, 2.05) is 6.92 Å². The van der Waals surface area contributed by atoms with Gasteiger partial charge in [0.25, 0.3) is 0 Å². The average Bonchev–Trinajstić information content (AvgIpc) is 2.80. The highest BCUT2D eigenvalue weighted by Crippen LogP contribution is 2.39. The molecule has 0 aliphatic rings. The fraction of sp³-hybridized carbons (Fsp3) is 0.286. The van der Waals surface area contributed by atoms with Gasteiger partial charge in [0.2, 0.25) is 0 Å². The Morgan fingerprint density at radius 1 is 1.25 bits per heavy atom. The van der Waals surface area contributed by atoms with Crippen molar-refractivity contribution in [1.82, 2.24) is 5.16 Å². The Balaban J connectivity index is 2.71. The third-order valence-corrected chi connectivity index (χ3v) is 3.10. The summed E-state index contributed by atoms with van der Waals surface area (Å²) in [6.45, 7) is 3.41. The Kier molecular flexibility index (Phi) is 3.65. The fourth-order valence-corrected chi connectivity index (χ4v) is 2.14. The van der Waals surface area contributed by atoms with Crippen molar-refractivity contribution in [2.75, 3.05) is 14.2 Å². The summed E-state index contributed by atoms with van der Waals surface area (Å²) in [4.78, 5) is 11.3. The number of aromatic nitrogens is 1. The average molecular weight is 277 g/mol. The van der Waals surface area contributed by atoms with Crippen LogP contribution in [0.25, 0.3) is 11.3 Å². The van der Waals surface area contributed by atoms with E-state index in [2.05, 4.69) is 5.16 Å². The van der Waals surface area contributed by atoms with Crippen LogP contribution in [0.3, 0.4) is 0 Å². The molecule has 2 aromatic rings. The quantitative estimate of drug-likeness (QED) is 0.925. The third-order valence-electron chi connectivity index (χ3n) is 3.10. The zero-order valence-corrected chi connectivity index (χ0v) is 11.7. The minimum absolute atomic E-state index is 0.0351. The molecule has 0 atom stereocenters. The molecule has 0 saturated heterocycles. The van der Waals surface area contributed by atoms with Gasteiger partial charge in [0.15, 0.2) is 5.76 Å². The maximum absolute atomic E-state index is 11.3. The van der Waals surface area contributed by atoms with E-state index in [1.165, 1.54) is 7.11 Å². The summed E-state index contributed by atoms with van der Waals surface area (Å²) in [5.41, 5.74) is 1.65. The van der Waals surface area contributed by atoms with Crippen molar-refractivity contribution in [3.05, 3.63) is 29.0 Å². The first-order chi connectivity index (χ1) is 9.51. The van der Waals surface area contributed by atoms with Crippen LogP contribution in [0.2, 0.25) is 0 Å². The van der Waals surface area contributed by atoms with Gasteiger partial charge in [0.1, 0.15) is 17.1 Å². The second kappa shape index (κ2) is 5.24. The first-order valence-electron chi connectivity index (χ1n) is 5.92. The van der Waals surface area contributed by atoms with Gasteiger partial charge in [-0.15, -0.1) is 0 Å². The monoisotopic (exact) mass is 277 g/mol. The van der Waals surface area contributed by atoms with E-state index in [-0.39, 0.29) is 11.3 Å². The van der Waals surface area contributed by atoms with E-state index in [1.54, 1.807) is 26.2 Å². The van der Waals surface area contributed by atoms with Crippen LogP contribution in [-0.2, 0) is 0 Å². The summed E-state index contributed by atoms with van der Waals surface area (Å²) in [6.07, 6.45) is 0. The third kappa shape index (κ3) is 2.09. The Morgan fingerprint density at radius 3 is 2.50 bits per heavy atom. The number of carbonyl (C=O) groups is 1. The molecule has 0 unspecified atom stereocenters. The molecule has 0 fully saturated rings. The van der Waals surface area contributed by atoms with Crippen molar-refractivity contribution in [3.63, 3.8) is 0 Å². The Bertz CT molecular complexity index is 660. The molecule has 106 valence electrons. The maximum atomic E-state index is 11.3. The molecule has 0 amide bonds. The number of hydrogen-bond donors (Lipinski definition) is 1. The van der Waals surface area contributed by atoms with Gasteiger partial charge in [0, 0.05) is 5.56 Å². The molecule has 1 heterocycles. The number of carboxylic acids is 1. The lowest BCUT2D eigenvalue weighted by atomic mass is 10.0. The molecule has 20 heavy (non-hydrogen) atoms. The van der Waals surface area contributed by atoms with Gasteiger partial charge >= 0.3 is 5.97 Å². The van der Waals surface area contributed by atoms with Crippen molar-refractivity contribution in [1.29, 1.82) is 0 Å². The molecule has 1 aromatic carbocycles. The van der Waals surface area contributed by atoms with Gasteiger partial charge in [-0.3, -0.25) is 0 Å². The summed E-state index contributed by atoms with van der Waals surface area (Å²) in [5, 5.41) is 13.0. The predicted octanol–water partition coefficient (Wildman–Crippen LogP) is 2.67.